The first-order chi connectivity index (χ1) is 10.7. The number of hydrogen-bond donors (Lipinski definition) is 1. The summed E-state index contributed by atoms with van der Waals surface area (Å²) in [7, 11) is 0. The van der Waals surface area contributed by atoms with Crippen LogP contribution >= 0.6 is 0 Å². The zero-order chi connectivity index (χ0) is 15.2. The second kappa shape index (κ2) is 5.20. The van der Waals surface area contributed by atoms with Gasteiger partial charge in [-0.05, 0) is 44.1 Å². The van der Waals surface area contributed by atoms with Gasteiger partial charge >= 0.3 is 0 Å². The quantitative estimate of drug-likeness (QED) is 0.934. The van der Waals surface area contributed by atoms with Crippen LogP contribution in [0.15, 0.2) is 36.8 Å². The van der Waals surface area contributed by atoms with Gasteiger partial charge < -0.3 is 9.67 Å². The van der Waals surface area contributed by atoms with Crippen LogP contribution in [0.4, 0.5) is 4.39 Å². The molecule has 0 saturated heterocycles. The third-order valence-corrected chi connectivity index (χ3v) is 5.31. The van der Waals surface area contributed by atoms with Gasteiger partial charge in [0.05, 0.1) is 30.4 Å². The van der Waals surface area contributed by atoms with Crippen molar-refractivity contribution in [3.05, 3.63) is 42.4 Å². The lowest BCUT2D eigenvalue weighted by molar-refractivity contribution is 0.0253. The number of alkyl halides is 1. The van der Waals surface area contributed by atoms with E-state index in [1.807, 2.05) is 24.7 Å². The van der Waals surface area contributed by atoms with Gasteiger partial charge in [-0.2, -0.15) is 0 Å². The maximum atomic E-state index is 14.9. The summed E-state index contributed by atoms with van der Waals surface area (Å²) in [5.74, 6) is 0. The van der Waals surface area contributed by atoms with Crippen molar-refractivity contribution in [3.8, 4) is 11.3 Å². The molecule has 4 rings (SSSR count). The van der Waals surface area contributed by atoms with Gasteiger partial charge in [-0.1, -0.05) is 24.3 Å². The first-order valence-corrected chi connectivity index (χ1v) is 8.14. The molecule has 2 heterocycles. The summed E-state index contributed by atoms with van der Waals surface area (Å²) in [6, 6.07) is 8.53. The molecule has 1 aromatic carbocycles. The molecule has 1 atom stereocenters. The van der Waals surface area contributed by atoms with Crippen molar-refractivity contribution in [2.75, 3.05) is 0 Å². The highest BCUT2D eigenvalue weighted by molar-refractivity contribution is 5.68. The predicted octanol–water partition coefficient (Wildman–Crippen LogP) is 3.88. The fraction of sp³-hybridized carbons (Fsp3) is 0.500. The lowest BCUT2D eigenvalue weighted by Gasteiger charge is -2.33. The largest absolute Gasteiger partial charge is 0.393 e. The summed E-state index contributed by atoms with van der Waals surface area (Å²) in [4.78, 5) is 4.25. The molecule has 2 aliphatic rings. The second-order valence-electron chi connectivity index (χ2n) is 6.71. The van der Waals surface area contributed by atoms with Crippen molar-refractivity contribution in [2.24, 2.45) is 0 Å². The molecule has 1 aliphatic heterocycles. The Morgan fingerprint density at radius 1 is 1.27 bits per heavy atom. The van der Waals surface area contributed by atoms with E-state index >= 15 is 0 Å². The van der Waals surface area contributed by atoms with Gasteiger partial charge in [-0.15, -0.1) is 0 Å². The Hall–Kier alpha value is -1.68. The average Bonchev–Trinajstić information content (AvgIpc) is 3.10. The summed E-state index contributed by atoms with van der Waals surface area (Å²) in [5, 5.41) is 9.57. The van der Waals surface area contributed by atoms with Crippen LogP contribution < -0.4 is 0 Å². The minimum Gasteiger partial charge on any atom is -0.393 e. The van der Waals surface area contributed by atoms with Crippen molar-refractivity contribution >= 4 is 0 Å². The normalized spacial score (nSPS) is 30.1. The molecule has 0 spiro atoms. The molecule has 0 bridgehead atoms. The van der Waals surface area contributed by atoms with E-state index in [-0.39, 0.29) is 12.1 Å². The van der Waals surface area contributed by atoms with Gasteiger partial charge in [-0.25, -0.2) is 9.37 Å². The number of benzene rings is 1. The van der Waals surface area contributed by atoms with Crippen LogP contribution in [0, 0.1) is 0 Å². The molecule has 116 valence electrons. The summed E-state index contributed by atoms with van der Waals surface area (Å²) in [6.45, 7) is 0. The van der Waals surface area contributed by atoms with Crippen LogP contribution in [0.2, 0.25) is 0 Å². The molecule has 0 unspecified atom stereocenters. The van der Waals surface area contributed by atoms with Crippen LogP contribution in [0.25, 0.3) is 11.3 Å². The minimum absolute atomic E-state index is 0.188. The molecule has 1 aliphatic carbocycles. The van der Waals surface area contributed by atoms with Crippen molar-refractivity contribution < 1.29 is 9.50 Å². The van der Waals surface area contributed by atoms with Gasteiger partial charge in [-0.3, -0.25) is 0 Å². The SMILES string of the molecule is O[C@H]1CC[C@@](F)(CC[C@H]2c3ccccc3-c3cncn32)CC1. The van der Waals surface area contributed by atoms with E-state index in [1.54, 1.807) is 0 Å². The molecule has 22 heavy (non-hydrogen) atoms. The molecule has 1 N–H and O–H groups in total. The smallest absolute Gasteiger partial charge is 0.111 e. The lowest BCUT2D eigenvalue weighted by Crippen LogP contribution is -2.32. The standard InChI is InChI=1S/C18H21FN2O/c19-18(8-5-13(22)6-9-18)10-7-16-14-3-1-2-4-15(14)17-11-20-12-21(16)17/h1-4,11-13,16,22H,5-10H2/t13-,16-,18-/m0/s1. The molecule has 2 aromatic rings. The Morgan fingerprint density at radius 2 is 2.05 bits per heavy atom. The highest BCUT2D eigenvalue weighted by Crippen LogP contribution is 2.44. The van der Waals surface area contributed by atoms with Gasteiger partial charge in [0.15, 0.2) is 0 Å². The number of halogens is 1. The monoisotopic (exact) mass is 300 g/mol. The number of aromatic nitrogens is 2. The van der Waals surface area contributed by atoms with E-state index in [4.69, 9.17) is 0 Å². The maximum absolute atomic E-state index is 14.9. The van der Waals surface area contributed by atoms with E-state index < -0.39 is 5.67 Å². The molecule has 0 radical (unpaired) electrons. The Morgan fingerprint density at radius 3 is 2.86 bits per heavy atom. The second-order valence-corrected chi connectivity index (χ2v) is 6.71. The van der Waals surface area contributed by atoms with E-state index in [0.29, 0.717) is 32.1 Å². The Bertz CT molecular complexity index is 673. The van der Waals surface area contributed by atoms with Crippen molar-refractivity contribution in [3.63, 3.8) is 0 Å². The lowest BCUT2D eigenvalue weighted by atomic mass is 9.80. The van der Waals surface area contributed by atoms with Gasteiger partial charge in [0.25, 0.3) is 0 Å². The van der Waals surface area contributed by atoms with Gasteiger partial charge in [0.2, 0.25) is 0 Å². The first-order valence-electron chi connectivity index (χ1n) is 8.14. The summed E-state index contributed by atoms with van der Waals surface area (Å²) in [5.41, 5.74) is 2.52. The molecule has 3 nitrogen and oxygen atoms in total. The first kappa shape index (κ1) is 13.9. The Labute approximate surface area is 129 Å². The number of aliphatic hydroxyl groups excluding tert-OH is 1. The number of aliphatic hydroxyl groups is 1. The highest BCUT2D eigenvalue weighted by Gasteiger charge is 2.37. The summed E-state index contributed by atoms with van der Waals surface area (Å²) < 4.78 is 17.1. The Balaban J connectivity index is 1.54. The van der Waals surface area contributed by atoms with Crippen molar-refractivity contribution in [1.82, 2.24) is 9.55 Å². The number of rotatable bonds is 3. The Kier molecular flexibility index (Phi) is 3.30. The van der Waals surface area contributed by atoms with E-state index in [0.717, 1.165) is 12.1 Å². The third kappa shape index (κ3) is 2.26. The number of nitrogens with zero attached hydrogens (tertiary/aromatic N) is 2. The van der Waals surface area contributed by atoms with Crippen LogP contribution in [0.1, 0.15) is 50.1 Å². The zero-order valence-corrected chi connectivity index (χ0v) is 12.6. The number of hydrogen-bond acceptors (Lipinski definition) is 2. The van der Waals surface area contributed by atoms with Crippen LogP contribution in [0.5, 0.6) is 0 Å². The molecular weight excluding hydrogens is 279 g/mol. The van der Waals surface area contributed by atoms with Crippen molar-refractivity contribution in [1.29, 1.82) is 0 Å². The van der Waals surface area contributed by atoms with Crippen molar-refractivity contribution in [2.45, 2.75) is 56.3 Å². The minimum atomic E-state index is -1.11. The fourth-order valence-corrected chi connectivity index (χ4v) is 3.99. The van der Waals surface area contributed by atoms with E-state index in [2.05, 4.69) is 21.7 Å². The molecule has 1 aromatic heterocycles. The van der Waals surface area contributed by atoms with E-state index in [9.17, 15) is 9.50 Å². The average molecular weight is 300 g/mol. The zero-order valence-electron chi connectivity index (χ0n) is 12.6. The molecule has 1 fully saturated rings. The highest BCUT2D eigenvalue weighted by atomic mass is 19.1. The fourth-order valence-electron chi connectivity index (χ4n) is 3.99. The maximum Gasteiger partial charge on any atom is 0.111 e. The summed E-state index contributed by atoms with van der Waals surface area (Å²) >= 11 is 0. The van der Waals surface area contributed by atoms with Crippen LogP contribution in [-0.4, -0.2) is 26.4 Å². The molecule has 4 heteroatoms. The molecule has 1 saturated carbocycles. The van der Waals surface area contributed by atoms with Gasteiger partial charge in [0, 0.05) is 5.56 Å². The van der Waals surface area contributed by atoms with Gasteiger partial charge in [0.1, 0.15) is 5.67 Å². The predicted molar refractivity (Wildman–Crippen MR) is 83.3 cm³/mol. The number of imidazole rings is 1. The molecular formula is C18H21FN2O. The van der Waals surface area contributed by atoms with Crippen LogP contribution in [0.3, 0.4) is 0 Å². The van der Waals surface area contributed by atoms with E-state index in [1.165, 1.54) is 11.1 Å². The molecule has 0 amide bonds. The van der Waals surface area contributed by atoms with Crippen LogP contribution in [-0.2, 0) is 0 Å². The topological polar surface area (TPSA) is 38.1 Å². The number of fused-ring (bicyclic) bond motifs is 3. The third-order valence-electron chi connectivity index (χ3n) is 5.31. The summed E-state index contributed by atoms with van der Waals surface area (Å²) in [6.07, 6.45) is 6.93.